The largest absolute Gasteiger partial charge is 0.489 e. The highest BCUT2D eigenvalue weighted by atomic mass is 127. The first-order chi connectivity index (χ1) is 6.29. The van der Waals surface area contributed by atoms with E-state index >= 15 is 0 Å². The highest BCUT2D eigenvalue weighted by Gasteiger charge is 2.24. The van der Waals surface area contributed by atoms with Crippen molar-refractivity contribution in [2.24, 2.45) is 0 Å². The van der Waals surface area contributed by atoms with Crippen molar-refractivity contribution in [2.75, 3.05) is 0 Å². The summed E-state index contributed by atoms with van der Waals surface area (Å²) in [6, 6.07) is 3.87. The molecule has 0 aliphatic heterocycles. The normalized spacial score (nSPS) is 15.1. The van der Waals surface area contributed by atoms with Crippen LogP contribution in [0.5, 0.6) is 5.75 Å². The lowest BCUT2D eigenvalue weighted by molar-refractivity contribution is 0.301. The van der Waals surface area contributed by atoms with Crippen molar-refractivity contribution in [1.82, 2.24) is 4.98 Å². The van der Waals surface area contributed by atoms with Gasteiger partial charge in [0.25, 0.3) is 0 Å². The van der Waals surface area contributed by atoms with Crippen molar-refractivity contribution in [3.05, 3.63) is 21.5 Å². The molecule has 0 aromatic carbocycles. The second-order valence-corrected chi connectivity index (χ2v) is 4.04. The van der Waals surface area contributed by atoms with Crippen LogP contribution in [0.2, 0.25) is 0 Å². The van der Waals surface area contributed by atoms with Gasteiger partial charge in [0.1, 0.15) is 21.1 Å². The third-order valence-electron chi connectivity index (χ3n) is 1.77. The van der Waals surface area contributed by atoms with Crippen LogP contribution in [0.4, 0.5) is 0 Å². The highest BCUT2D eigenvalue weighted by molar-refractivity contribution is 14.1. The lowest BCUT2D eigenvalue weighted by atomic mass is 10.3. The Morgan fingerprint density at radius 1 is 1.62 bits per heavy atom. The minimum absolute atomic E-state index is 0.324. The lowest BCUT2D eigenvalue weighted by Gasteiger charge is -2.05. The van der Waals surface area contributed by atoms with E-state index in [0.29, 0.717) is 17.4 Å². The Labute approximate surface area is 89.9 Å². The number of hydrogen-bond donors (Lipinski definition) is 0. The quantitative estimate of drug-likeness (QED) is 0.618. The van der Waals surface area contributed by atoms with E-state index in [9.17, 15) is 0 Å². The Balaban J connectivity index is 2.29. The van der Waals surface area contributed by atoms with Crippen LogP contribution >= 0.6 is 22.6 Å². The first kappa shape index (κ1) is 8.75. The molecule has 66 valence electrons. The van der Waals surface area contributed by atoms with Gasteiger partial charge in [-0.2, -0.15) is 5.26 Å². The summed E-state index contributed by atoms with van der Waals surface area (Å²) < 4.78 is 6.41. The average Bonchev–Trinajstić information content (AvgIpc) is 2.89. The predicted molar refractivity (Wildman–Crippen MR) is 55.3 cm³/mol. The molecule has 1 saturated carbocycles. The standard InChI is InChI=1S/C9H7IN2O/c10-9-3-8(13-7-1-2-7)6(4-11)5-12-9/h3,5,7H,1-2H2. The summed E-state index contributed by atoms with van der Waals surface area (Å²) in [4.78, 5) is 4.02. The molecule has 0 radical (unpaired) electrons. The first-order valence-electron chi connectivity index (χ1n) is 4.02. The molecule has 0 spiro atoms. The Bertz CT molecular complexity index is 368. The summed E-state index contributed by atoms with van der Waals surface area (Å²) in [6.07, 6.45) is 4.08. The molecule has 0 saturated heterocycles. The van der Waals surface area contributed by atoms with Gasteiger partial charge in [0.15, 0.2) is 0 Å². The number of ether oxygens (including phenoxy) is 1. The monoisotopic (exact) mass is 286 g/mol. The number of nitriles is 1. The van der Waals surface area contributed by atoms with E-state index < -0.39 is 0 Å². The summed E-state index contributed by atoms with van der Waals surface area (Å²) in [6.45, 7) is 0. The maximum absolute atomic E-state index is 8.77. The van der Waals surface area contributed by atoms with Crippen LogP contribution in [-0.4, -0.2) is 11.1 Å². The molecule has 0 bridgehead atoms. The fourth-order valence-corrected chi connectivity index (χ4v) is 1.38. The molecule has 13 heavy (non-hydrogen) atoms. The third-order valence-corrected chi connectivity index (χ3v) is 2.36. The van der Waals surface area contributed by atoms with E-state index in [2.05, 4.69) is 33.6 Å². The van der Waals surface area contributed by atoms with Gasteiger partial charge < -0.3 is 4.74 Å². The van der Waals surface area contributed by atoms with Crippen LogP contribution in [0, 0.1) is 15.0 Å². The van der Waals surface area contributed by atoms with Gasteiger partial charge in [-0.1, -0.05) is 0 Å². The molecule has 1 aliphatic carbocycles. The van der Waals surface area contributed by atoms with Gasteiger partial charge in [-0.3, -0.25) is 0 Å². The molecule has 1 fully saturated rings. The predicted octanol–water partition coefficient (Wildman–Crippen LogP) is 2.10. The zero-order valence-electron chi connectivity index (χ0n) is 6.83. The Kier molecular flexibility index (Phi) is 2.36. The van der Waals surface area contributed by atoms with Gasteiger partial charge in [0.05, 0.1) is 6.10 Å². The summed E-state index contributed by atoms with van der Waals surface area (Å²) in [7, 11) is 0. The Morgan fingerprint density at radius 3 is 3.00 bits per heavy atom. The lowest BCUT2D eigenvalue weighted by Crippen LogP contribution is -1.99. The maximum atomic E-state index is 8.77. The van der Waals surface area contributed by atoms with Crippen molar-refractivity contribution < 1.29 is 4.74 Å². The number of nitrogens with zero attached hydrogens (tertiary/aromatic N) is 2. The van der Waals surface area contributed by atoms with Crippen molar-refractivity contribution in [2.45, 2.75) is 18.9 Å². The van der Waals surface area contributed by atoms with Crippen LogP contribution in [-0.2, 0) is 0 Å². The van der Waals surface area contributed by atoms with E-state index in [-0.39, 0.29) is 0 Å². The second kappa shape index (κ2) is 3.50. The molecule has 1 aromatic heterocycles. The molecular weight excluding hydrogens is 279 g/mol. The zero-order valence-corrected chi connectivity index (χ0v) is 8.98. The van der Waals surface area contributed by atoms with Crippen molar-refractivity contribution >= 4 is 22.6 Å². The van der Waals surface area contributed by atoms with E-state index in [1.54, 1.807) is 12.3 Å². The number of pyridine rings is 1. The fraction of sp³-hybridized carbons (Fsp3) is 0.333. The van der Waals surface area contributed by atoms with E-state index in [4.69, 9.17) is 10.00 Å². The SMILES string of the molecule is N#Cc1cnc(I)cc1OC1CC1. The minimum atomic E-state index is 0.324. The smallest absolute Gasteiger partial charge is 0.141 e. The highest BCUT2D eigenvalue weighted by Crippen LogP contribution is 2.29. The minimum Gasteiger partial charge on any atom is -0.489 e. The van der Waals surface area contributed by atoms with Crippen molar-refractivity contribution in [3.8, 4) is 11.8 Å². The molecule has 0 N–H and O–H groups in total. The van der Waals surface area contributed by atoms with E-state index in [1.165, 1.54) is 0 Å². The first-order valence-corrected chi connectivity index (χ1v) is 5.10. The van der Waals surface area contributed by atoms with Crippen LogP contribution in [0.3, 0.4) is 0 Å². The fourth-order valence-electron chi connectivity index (χ4n) is 0.960. The van der Waals surface area contributed by atoms with Gasteiger partial charge in [-0.25, -0.2) is 4.98 Å². The number of aromatic nitrogens is 1. The molecule has 0 amide bonds. The molecular formula is C9H7IN2O. The Hall–Kier alpha value is -0.830. The van der Waals surface area contributed by atoms with Crippen LogP contribution in [0.1, 0.15) is 18.4 Å². The molecule has 0 atom stereocenters. The zero-order chi connectivity index (χ0) is 9.26. The third kappa shape index (κ3) is 2.10. The van der Waals surface area contributed by atoms with E-state index in [0.717, 1.165) is 16.5 Å². The molecule has 3 nitrogen and oxygen atoms in total. The summed E-state index contributed by atoms with van der Waals surface area (Å²) in [5, 5.41) is 8.77. The average molecular weight is 286 g/mol. The number of rotatable bonds is 2. The van der Waals surface area contributed by atoms with Crippen LogP contribution in [0.25, 0.3) is 0 Å². The maximum Gasteiger partial charge on any atom is 0.141 e. The van der Waals surface area contributed by atoms with E-state index in [1.807, 2.05) is 0 Å². The summed E-state index contributed by atoms with van der Waals surface area (Å²) >= 11 is 2.11. The molecule has 4 heteroatoms. The molecule has 2 rings (SSSR count). The van der Waals surface area contributed by atoms with Crippen LogP contribution < -0.4 is 4.74 Å². The molecule has 1 heterocycles. The molecule has 0 unspecified atom stereocenters. The van der Waals surface area contributed by atoms with Gasteiger partial charge in [0, 0.05) is 12.3 Å². The molecule has 1 aromatic rings. The number of hydrogen-bond acceptors (Lipinski definition) is 3. The van der Waals surface area contributed by atoms with Crippen molar-refractivity contribution in [3.63, 3.8) is 0 Å². The molecule has 1 aliphatic rings. The van der Waals surface area contributed by atoms with Gasteiger partial charge >= 0.3 is 0 Å². The topological polar surface area (TPSA) is 45.9 Å². The number of halogens is 1. The van der Waals surface area contributed by atoms with Gasteiger partial charge in [-0.05, 0) is 35.4 Å². The second-order valence-electron chi connectivity index (χ2n) is 2.93. The van der Waals surface area contributed by atoms with Crippen molar-refractivity contribution in [1.29, 1.82) is 5.26 Å². The summed E-state index contributed by atoms with van der Waals surface area (Å²) in [5.41, 5.74) is 0.521. The van der Waals surface area contributed by atoms with Gasteiger partial charge in [0.2, 0.25) is 0 Å². The Morgan fingerprint density at radius 2 is 2.38 bits per heavy atom. The summed E-state index contributed by atoms with van der Waals surface area (Å²) in [5.74, 6) is 0.671. The van der Waals surface area contributed by atoms with Gasteiger partial charge in [-0.15, -0.1) is 0 Å². The van der Waals surface area contributed by atoms with Crippen LogP contribution in [0.15, 0.2) is 12.3 Å².